The van der Waals surface area contributed by atoms with Gasteiger partial charge in [0.05, 0.1) is 9.12 Å². The van der Waals surface area contributed by atoms with Crippen LogP contribution in [0.25, 0.3) is 0 Å². The topological polar surface area (TPSA) is 29.4 Å². The van der Waals surface area contributed by atoms with Crippen molar-refractivity contribution in [3.8, 4) is 0 Å². The third-order valence-electron chi connectivity index (χ3n) is 1.17. The van der Waals surface area contributed by atoms with E-state index in [1.54, 1.807) is 24.3 Å². The van der Waals surface area contributed by atoms with E-state index in [9.17, 15) is 4.79 Å². The van der Waals surface area contributed by atoms with E-state index in [1.165, 1.54) is 0 Å². The van der Waals surface area contributed by atoms with Crippen molar-refractivity contribution in [1.82, 2.24) is 0 Å². The molecule has 0 atom stereocenters. The first-order chi connectivity index (χ1) is 5.70. The minimum Gasteiger partial charge on any atom is -0.266 e. The van der Waals surface area contributed by atoms with Gasteiger partial charge >= 0.3 is 0 Å². The van der Waals surface area contributed by atoms with Gasteiger partial charge < -0.3 is 0 Å². The highest BCUT2D eigenvalue weighted by Gasteiger charge is 2.01. The van der Waals surface area contributed by atoms with E-state index >= 15 is 0 Å². The fourth-order valence-corrected chi connectivity index (χ4v) is 1.30. The molecule has 1 rings (SSSR count). The van der Waals surface area contributed by atoms with Gasteiger partial charge in [-0.05, 0) is 33.5 Å². The van der Waals surface area contributed by atoms with Gasteiger partial charge in [0.2, 0.25) is 0 Å². The molecule has 1 aromatic rings. The van der Waals surface area contributed by atoms with Gasteiger partial charge in [-0.25, -0.2) is 0 Å². The molecule has 0 aliphatic rings. The zero-order chi connectivity index (χ0) is 8.97. The molecule has 0 spiro atoms. The van der Waals surface area contributed by atoms with Gasteiger partial charge in [0.15, 0.2) is 0 Å². The Morgan fingerprint density at radius 3 is 2.33 bits per heavy atom. The van der Waals surface area contributed by atoms with Crippen molar-refractivity contribution in [2.45, 2.75) is 0 Å². The van der Waals surface area contributed by atoms with Crippen molar-refractivity contribution in [3.05, 3.63) is 35.9 Å². The highest BCUT2D eigenvalue weighted by Crippen LogP contribution is 2.06. The molecule has 0 aliphatic heterocycles. The van der Waals surface area contributed by atoms with Gasteiger partial charge in [-0.2, -0.15) is 4.36 Å². The fraction of sp³-hybridized carbons (Fsp3) is 0. The van der Waals surface area contributed by atoms with Crippen LogP contribution >= 0.6 is 21.4 Å². The first kappa shape index (κ1) is 9.71. The molecule has 0 fully saturated rings. The molecule has 0 aliphatic carbocycles. The summed E-state index contributed by atoms with van der Waals surface area (Å²) in [6.45, 7) is 0. The number of benzene rings is 1. The number of carbonyl (C=O) groups excluding carboxylic acids is 1. The summed E-state index contributed by atoms with van der Waals surface area (Å²) in [4.78, 5) is 11.1. The molecule has 0 saturated carbocycles. The summed E-state index contributed by atoms with van der Waals surface area (Å²) in [5.74, 6) is -0.385. The average Bonchev–Trinajstić information content (AvgIpc) is 2.05. The van der Waals surface area contributed by atoms with Crippen molar-refractivity contribution in [2.75, 3.05) is 0 Å². The lowest BCUT2D eigenvalue weighted by Crippen LogP contribution is -1.92. The normalized spacial score (nSPS) is 9.92. The Bertz CT molecular complexity index is 308. The molecular formula is C7H5Cl2NOS. The SMILES string of the molecule is O=C(N=S(Cl)Cl)c1ccccc1. The Kier molecular flexibility index (Phi) is 3.72. The fourth-order valence-electron chi connectivity index (χ4n) is 0.696. The van der Waals surface area contributed by atoms with Crippen molar-refractivity contribution < 1.29 is 4.79 Å². The summed E-state index contributed by atoms with van der Waals surface area (Å²) in [5, 5.41) is 0. The van der Waals surface area contributed by atoms with Crippen molar-refractivity contribution in [2.24, 2.45) is 4.36 Å². The number of rotatable bonds is 1. The molecule has 0 saturated heterocycles. The van der Waals surface area contributed by atoms with Crippen molar-refractivity contribution >= 4 is 36.4 Å². The largest absolute Gasteiger partial charge is 0.285 e. The Hall–Kier alpha value is -0.380. The number of halogens is 2. The van der Waals surface area contributed by atoms with Gasteiger partial charge in [-0.3, -0.25) is 4.79 Å². The summed E-state index contributed by atoms with van der Waals surface area (Å²) < 4.78 is 3.47. The molecule has 0 radical (unpaired) electrons. The maximum absolute atomic E-state index is 11.1. The molecule has 64 valence electrons. The highest BCUT2D eigenvalue weighted by molar-refractivity contribution is 8.28. The molecule has 1 amide bonds. The number of hydrogen-bond donors (Lipinski definition) is 0. The van der Waals surface area contributed by atoms with Gasteiger partial charge in [-0.1, -0.05) is 18.2 Å². The second-order valence-electron chi connectivity index (χ2n) is 1.96. The molecule has 0 heterocycles. The molecule has 0 bridgehead atoms. The van der Waals surface area contributed by atoms with E-state index in [2.05, 4.69) is 4.36 Å². The van der Waals surface area contributed by atoms with Crippen LogP contribution in [0.5, 0.6) is 0 Å². The maximum atomic E-state index is 11.1. The van der Waals surface area contributed by atoms with E-state index in [0.717, 1.165) is 0 Å². The van der Waals surface area contributed by atoms with E-state index in [1.807, 2.05) is 6.07 Å². The van der Waals surface area contributed by atoms with Gasteiger partial charge in [0, 0.05) is 5.56 Å². The van der Waals surface area contributed by atoms with Crippen molar-refractivity contribution in [3.63, 3.8) is 0 Å². The number of nitrogens with zero attached hydrogens (tertiary/aromatic N) is 1. The summed E-state index contributed by atoms with van der Waals surface area (Å²) in [6, 6.07) is 8.64. The smallest absolute Gasteiger partial charge is 0.266 e. The lowest BCUT2D eigenvalue weighted by molar-refractivity contribution is 0.101. The van der Waals surface area contributed by atoms with Crippen LogP contribution in [-0.2, 0) is 9.12 Å². The summed E-state index contributed by atoms with van der Waals surface area (Å²) in [6.07, 6.45) is 0. The first-order valence-corrected chi connectivity index (χ1v) is 5.91. The standard InChI is InChI=1S/C7H5Cl2NOS/c8-12(9)10-7(11)6-4-2-1-3-5-6/h1-5H. The van der Waals surface area contributed by atoms with Crippen LogP contribution in [0.15, 0.2) is 34.7 Å². The second kappa shape index (κ2) is 4.60. The zero-order valence-corrected chi connectivity index (χ0v) is 8.23. The molecular weight excluding hydrogens is 217 g/mol. The molecule has 0 aromatic heterocycles. The van der Waals surface area contributed by atoms with Gasteiger partial charge in [-0.15, -0.1) is 0 Å². The predicted molar refractivity (Wildman–Crippen MR) is 52.3 cm³/mol. The van der Waals surface area contributed by atoms with Crippen LogP contribution in [0.4, 0.5) is 0 Å². The minimum absolute atomic E-state index is 0.385. The lowest BCUT2D eigenvalue weighted by atomic mass is 10.2. The predicted octanol–water partition coefficient (Wildman–Crippen LogP) is 2.94. The van der Waals surface area contributed by atoms with Crippen LogP contribution in [0.2, 0.25) is 0 Å². The quantitative estimate of drug-likeness (QED) is 0.718. The van der Waals surface area contributed by atoms with Crippen LogP contribution < -0.4 is 0 Å². The Labute approximate surface area is 81.6 Å². The number of amides is 1. The van der Waals surface area contributed by atoms with Gasteiger partial charge in [0.25, 0.3) is 5.91 Å². The molecule has 0 unspecified atom stereocenters. The Morgan fingerprint density at radius 2 is 1.83 bits per heavy atom. The second-order valence-corrected chi connectivity index (χ2v) is 4.76. The number of carbonyl (C=O) groups is 1. The Balaban J connectivity index is 2.87. The van der Waals surface area contributed by atoms with Crippen LogP contribution in [0, 0.1) is 0 Å². The van der Waals surface area contributed by atoms with Gasteiger partial charge in [0.1, 0.15) is 0 Å². The molecule has 2 nitrogen and oxygen atoms in total. The molecule has 5 heteroatoms. The van der Waals surface area contributed by atoms with Crippen LogP contribution in [0.3, 0.4) is 0 Å². The monoisotopic (exact) mass is 221 g/mol. The summed E-state index contributed by atoms with van der Waals surface area (Å²) in [5.41, 5.74) is 0.497. The van der Waals surface area contributed by atoms with Crippen molar-refractivity contribution in [1.29, 1.82) is 0 Å². The van der Waals surface area contributed by atoms with E-state index < -0.39 is 9.12 Å². The first-order valence-electron chi connectivity index (χ1n) is 3.08. The molecule has 1 aromatic carbocycles. The third-order valence-corrected chi connectivity index (χ3v) is 1.89. The zero-order valence-electron chi connectivity index (χ0n) is 5.91. The maximum Gasteiger partial charge on any atom is 0.285 e. The van der Waals surface area contributed by atoms with E-state index in [0.29, 0.717) is 5.56 Å². The molecule has 0 N–H and O–H groups in total. The summed E-state index contributed by atoms with van der Waals surface area (Å²) >= 11 is 0. The van der Waals surface area contributed by atoms with Crippen LogP contribution in [-0.4, -0.2) is 5.91 Å². The van der Waals surface area contributed by atoms with E-state index in [4.69, 9.17) is 21.4 Å². The lowest BCUT2D eigenvalue weighted by Gasteiger charge is -1.91. The average molecular weight is 222 g/mol. The van der Waals surface area contributed by atoms with Crippen LogP contribution in [0.1, 0.15) is 10.4 Å². The minimum atomic E-state index is -1.23. The molecule has 12 heavy (non-hydrogen) atoms. The highest BCUT2D eigenvalue weighted by atomic mass is 36.0. The Morgan fingerprint density at radius 1 is 1.25 bits per heavy atom. The third kappa shape index (κ3) is 2.93. The van der Waals surface area contributed by atoms with E-state index in [-0.39, 0.29) is 5.91 Å². The number of hydrogen-bond acceptors (Lipinski definition) is 1. The summed E-state index contributed by atoms with van der Waals surface area (Å²) in [7, 11) is 9.43.